The van der Waals surface area contributed by atoms with Crippen molar-refractivity contribution in [2.45, 2.75) is 25.9 Å². The average Bonchev–Trinajstić information content (AvgIpc) is 2.47. The Balaban J connectivity index is 2.04. The number of benzene rings is 1. The summed E-state index contributed by atoms with van der Waals surface area (Å²) in [6.07, 6.45) is 1.65. The molecule has 1 fully saturated rings. The molecule has 2 rings (SSSR count). The molecule has 1 saturated heterocycles. The fourth-order valence-electron chi connectivity index (χ4n) is 2.43. The van der Waals surface area contributed by atoms with Crippen molar-refractivity contribution in [1.82, 2.24) is 4.90 Å². The van der Waals surface area contributed by atoms with Gasteiger partial charge in [-0.1, -0.05) is 0 Å². The molecule has 1 aromatic carbocycles. The van der Waals surface area contributed by atoms with E-state index in [-0.39, 0.29) is 17.6 Å². The minimum Gasteiger partial charge on any atom is -0.378 e. The highest BCUT2D eigenvalue weighted by molar-refractivity contribution is 5.94. The Morgan fingerprint density at radius 2 is 2.14 bits per heavy atom. The number of hydrogen-bond donors (Lipinski definition) is 0. The number of nitro benzene ring substituents is 1. The van der Waals surface area contributed by atoms with Crippen LogP contribution in [0, 0.1) is 15.9 Å². The van der Waals surface area contributed by atoms with Crippen LogP contribution < -0.4 is 0 Å². The summed E-state index contributed by atoms with van der Waals surface area (Å²) in [5.41, 5.74) is -0.491. The van der Waals surface area contributed by atoms with Crippen LogP contribution in [0.5, 0.6) is 0 Å². The number of piperidine rings is 1. The highest BCUT2D eigenvalue weighted by Crippen LogP contribution is 2.21. The van der Waals surface area contributed by atoms with E-state index in [0.29, 0.717) is 19.7 Å². The van der Waals surface area contributed by atoms with Crippen molar-refractivity contribution in [3.63, 3.8) is 0 Å². The predicted octanol–water partition coefficient (Wildman–Crippen LogP) is 2.38. The number of rotatable bonds is 4. The number of hydrogen-bond acceptors (Lipinski definition) is 4. The molecule has 0 aliphatic carbocycles. The molecule has 6 nitrogen and oxygen atoms in total. The summed E-state index contributed by atoms with van der Waals surface area (Å²) in [7, 11) is 0. The maximum atomic E-state index is 13.6. The number of nitro groups is 1. The van der Waals surface area contributed by atoms with Gasteiger partial charge in [-0.15, -0.1) is 0 Å². The monoisotopic (exact) mass is 296 g/mol. The van der Waals surface area contributed by atoms with Gasteiger partial charge in [0.15, 0.2) is 0 Å². The predicted molar refractivity (Wildman–Crippen MR) is 73.6 cm³/mol. The zero-order valence-electron chi connectivity index (χ0n) is 11.8. The van der Waals surface area contributed by atoms with E-state index in [9.17, 15) is 19.3 Å². The van der Waals surface area contributed by atoms with Crippen molar-refractivity contribution in [2.24, 2.45) is 0 Å². The van der Waals surface area contributed by atoms with Crippen LogP contribution in [0.4, 0.5) is 10.1 Å². The van der Waals surface area contributed by atoms with Crippen LogP contribution in [-0.4, -0.2) is 41.5 Å². The SMILES string of the molecule is CCOC1CCN(C(=O)c2ccc([N+](=O)[O-])c(F)c2)CC1. The van der Waals surface area contributed by atoms with Gasteiger partial charge in [-0.2, -0.15) is 4.39 Å². The van der Waals surface area contributed by atoms with Crippen LogP contribution in [0.3, 0.4) is 0 Å². The molecule has 1 aromatic rings. The first kappa shape index (κ1) is 15.4. The smallest absolute Gasteiger partial charge is 0.304 e. The molecule has 0 radical (unpaired) electrons. The molecule has 1 aliphatic heterocycles. The third kappa shape index (κ3) is 3.55. The van der Waals surface area contributed by atoms with Crippen molar-refractivity contribution >= 4 is 11.6 Å². The highest BCUT2D eigenvalue weighted by atomic mass is 19.1. The molecule has 0 unspecified atom stereocenters. The van der Waals surface area contributed by atoms with Crippen LogP contribution in [0.25, 0.3) is 0 Å². The molecule has 1 heterocycles. The van der Waals surface area contributed by atoms with Crippen LogP contribution in [0.15, 0.2) is 18.2 Å². The second kappa shape index (κ2) is 6.62. The lowest BCUT2D eigenvalue weighted by Crippen LogP contribution is -2.40. The van der Waals surface area contributed by atoms with E-state index in [1.165, 1.54) is 6.07 Å². The number of carbonyl (C=O) groups excluding carboxylic acids is 1. The van der Waals surface area contributed by atoms with E-state index >= 15 is 0 Å². The molecular weight excluding hydrogens is 279 g/mol. The van der Waals surface area contributed by atoms with Crippen molar-refractivity contribution in [3.8, 4) is 0 Å². The Morgan fingerprint density at radius 1 is 1.48 bits per heavy atom. The van der Waals surface area contributed by atoms with Gasteiger partial charge in [-0.25, -0.2) is 0 Å². The van der Waals surface area contributed by atoms with Gasteiger partial charge in [-0.05, 0) is 31.9 Å². The summed E-state index contributed by atoms with van der Waals surface area (Å²) in [5.74, 6) is -1.30. The van der Waals surface area contributed by atoms with E-state index in [0.717, 1.165) is 25.0 Å². The number of amides is 1. The summed E-state index contributed by atoms with van der Waals surface area (Å²) in [5, 5.41) is 10.6. The van der Waals surface area contributed by atoms with Crippen molar-refractivity contribution in [1.29, 1.82) is 0 Å². The lowest BCUT2D eigenvalue weighted by atomic mass is 10.1. The fraction of sp³-hybridized carbons (Fsp3) is 0.500. The van der Waals surface area contributed by atoms with Gasteiger partial charge in [0.05, 0.1) is 11.0 Å². The maximum absolute atomic E-state index is 13.6. The van der Waals surface area contributed by atoms with Gasteiger partial charge in [0, 0.05) is 31.3 Å². The Morgan fingerprint density at radius 3 is 2.67 bits per heavy atom. The summed E-state index contributed by atoms with van der Waals surface area (Å²) < 4.78 is 19.1. The van der Waals surface area contributed by atoms with Gasteiger partial charge in [0.2, 0.25) is 5.82 Å². The molecule has 1 aliphatic rings. The molecule has 0 spiro atoms. The first-order valence-corrected chi connectivity index (χ1v) is 6.87. The molecule has 0 atom stereocenters. The van der Waals surface area contributed by atoms with Gasteiger partial charge in [-0.3, -0.25) is 14.9 Å². The Bertz CT molecular complexity index is 542. The number of nitrogens with zero attached hydrogens (tertiary/aromatic N) is 2. The summed E-state index contributed by atoms with van der Waals surface area (Å²) in [6.45, 7) is 3.66. The Hall–Kier alpha value is -2.02. The van der Waals surface area contributed by atoms with E-state index in [4.69, 9.17) is 4.74 Å². The lowest BCUT2D eigenvalue weighted by Gasteiger charge is -2.31. The molecule has 0 saturated carbocycles. The molecule has 0 bridgehead atoms. The number of likely N-dealkylation sites (tertiary alicyclic amines) is 1. The van der Waals surface area contributed by atoms with Crippen LogP contribution in [0.2, 0.25) is 0 Å². The number of carbonyl (C=O) groups is 1. The topological polar surface area (TPSA) is 72.7 Å². The standard InChI is InChI=1S/C14H17FN2O4/c1-2-21-11-5-7-16(8-6-11)14(18)10-3-4-13(17(19)20)12(15)9-10/h3-4,9,11H,2,5-8H2,1H3. The fourth-order valence-corrected chi connectivity index (χ4v) is 2.43. The summed E-state index contributed by atoms with van der Waals surface area (Å²) in [6, 6.07) is 3.24. The normalized spacial score (nSPS) is 16.0. The molecule has 0 aromatic heterocycles. The summed E-state index contributed by atoms with van der Waals surface area (Å²) in [4.78, 5) is 23.6. The Kier molecular flexibility index (Phi) is 4.85. The second-order valence-corrected chi connectivity index (χ2v) is 4.87. The molecule has 7 heteroatoms. The van der Waals surface area contributed by atoms with E-state index < -0.39 is 16.4 Å². The van der Waals surface area contributed by atoms with Gasteiger partial charge < -0.3 is 9.64 Å². The molecule has 114 valence electrons. The van der Waals surface area contributed by atoms with Crippen molar-refractivity contribution in [2.75, 3.05) is 19.7 Å². The largest absolute Gasteiger partial charge is 0.378 e. The Labute approximate surface area is 121 Å². The molecule has 0 N–H and O–H groups in total. The molecule has 21 heavy (non-hydrogen) atoms. The van der Waals surface area contributed by atoms with E-state index in [1.807, 2.05) is 6.92 Å². The minimum atomic E-state index is -0.991. The maximum Gasteiger partial charge on any atom is 0.304 e. The van der Waals surface area contributed by atoms with Gasteiger partial charge in [0.1, 0.15) is 0 Å². The number of ether oxygens (including phenoxy) is 1. The average molecular weight is 296 g/mol. The third-order valence-corrected chi connectivity index (χ3v) is 3.52. The number of halogens is 1. The first-order valence-electron chi connectivity index (χ1n) is 6.87. The quantitative estimate of drug-likeness (QED) is 0.631. The first-order chi connectivity index (χ1) is 10.0. The van der Waals surface area contributed by atoms with Crippen molar-refractivity contribution < 1.29 is 18.8 Å². The van der Waals surface area contributed by atoms with E-state index in [2.05, 4.69) is 0 Å². The summed E-state index contributed by atoms with van der Waals surface area (Å²) >= 11 is 0. The lowest BCUT2D eigenvalue weighted by molar-refractivity contribution is -0.387. The third-order valence-electron chi connectivity index (χ3n) is 3.52. The zero-order chi connectivity index (χ0) is 15.4. The van der Waals surface area contributed by atoms with Gasteiger partial charge >= 0.3 is 5.69 Å². The van der Waals surface area contributed by atoms with Crippen molar-refractivity contribution in [3.05, 3.63) is 39.7 Å². The van der Waals surface area contributed by atoms with Gasteiger partial charge in [0.25, 0.3) is 5.91 Å². The highest BCUT2D eigenvalue weighted by Gasteiger charge is 2.25. The zero-order valence-corrected chi connectivity index (χ0v) is 11.8. The van der Waals surface area contributed by atoms with E-state index in [1.54, 1.807) is 4.90 Å². The molecule has 1 amide bonds. The van der Waals surface area contributed by atoms with Crippen LogP contribution >= 0.6 is 0 Å². The van der Waals surface area contributed by atoms with Crippen LogP contribution in [0.1, 0.15) is 30.1 Å². The van der Waals surface area contributed by atoms with Crippen LogP contribution in [-0.2, 0) is 4.74 Å². The minimum absolute atomic E-state index is 0.132. The molecular formula is C14H17FN2O4. The second-order valence-electron chi connectivity index (χ2n) is 4.87.